The van der Waals surface area contributed by atoms with Gasteiger partial charge in [-0.1, -0.05) is 109 Å². The Morgan fingerprint density at radius 2 is 0.982 bits per heavy atom. The summed E-state index contributed by atoms with van der Waals surface area (Å²) in [5.41, 5.74) is 12.1. The molecule has 0 bridgehead atoms. The van der Waals surface area contributed by atoms with Crippen LogP contribution in [0, 0.1) is 11.3 Å². The lowest BCUT2D eigenvalue weighted by molar-refractivity contribution is 0.673. The third-order valence-corrected chi connectivity index (χ3v) is 11.0. The number of furan rings is 1. The Kier molecular flexibility index (Phi) is 7.48. The van der Waals surface area contributed by atoms with E-state index in [1.54, 1.807) is 12.4 Å². The second-order valence-electron chi connectivity index (χ2n) is 14.3. The van der Waals surface area contributed by atoms with Crippen LogP contribution in [-0.2, 0) is 0 Å². The van der Waals surface area contributed by atoms with Gasteiger partial charge in [-0.05, 0) is 116 Å². The molecular weight excluding hydrogens is 697 g/mol. The number of hydrogen-bond donors (Lipinski definition) is 0. The molecule has 0 unspecified atom stereocenters. The normalized spacial score (nSPS) is 11.5. The van der Waals surface area contributed by atoms with E-state index in [1.807, 2.05) is 72.8 Å². The van der Waals surface area contributed by atoms with Gasteiger partial charge in [0.15, 0.2) is 0 Å². The molecule has 0 N–H and O–H groups in total. The van der Waals surface area contributed by atoms with Gasteiger partial charge in [0, 0.05) is 33.9 Å². The third kappa shape index (κ3) is 5.43. The molecule has 5 heteroatoms. The summed E-state index contributed by atoms with van der Waals surface area (Å²) in [5, 5.41) is 18.4. The molecule has 0 amide bonds. The number of fused-ring (bicyclic) bond motifs is 9. The van der Waals surface area contributed by atoms with Crippen LogP contribution in [0.3, 0.4) is 0 Å². The number of nitriles is 1. The molecule has 57 heavy (non-hydrogen) atoms. The molecule has 5 nitrogen and oxygen atoms in total. The number of benzene rings is 7. The molecule has 0 aliphatic rings. The minimum atomic E-state index is 0.686. The first-order chi connectivity index (χ1) is 28.2. The Hall–Kier alpha value is -7.94. The largest absolute Gasteiger partial charge is 0.455 e. The van der Waals surface area contributed by atoms with Crippen molar-refractivity contribution in [3.63, 3.8) is 0 Å². The fraction of sp³-hybridized carbons (Fsp3) is 0. The zero-order chi connectivity index (χ0) is 37.9. The van der Waals surface area contributed by atoms with Crippen LogP contribution in [0.2, 0.25) is 0 Å². The summed E-state index contributed by atoms with van der Waals surface area (Å²) in [4.78, 5) is 14.2. The van der Waals surface area contributed by atoms with E-state index in [4.69, 9.17) is 9.40 Å². The van der Waals surface area contributed by atoms with Crippen LogP contribution in [0.4, 0.5) is 0 Å². The highest BCUT2D eigenvalue weighted by molar-refractivity contribution is 6.31. The number of hydrogen-bond acceptors (Lipinski definition) is 5. The highest BCUT2D eigenvalue weighted by Gasteiger charge is 2.19. The minimum Gasteiger partial charge on any atom is -0.455 e. The predicted molar refractivity (Wildman–Crippen MR) is 232 cm³/mol. The first-order valence-corrected chi connectivity index (χ1v) is 18.9. The molecule has 0 aliphatic carbocycles. The van der Waals surface area contributed by atoms with Crippen LogP contribution < -0.4 is 0 Å². The molecule has 4 aromatic heterocycles. The van der Waals surface area contributed by atoms with Crippen molar-refractivity contribution in [1.29, 1.82) is 5.26 Å². The Morgan fingerprint density at radius 3 is 1.67 bits per heavy atom. The quantitative estimate of drug-likeness (QED) is 0.165. The standard InChI is InChI=1S/C52H30N4O/c53-31-36-21-22-39(40-10-2-1-9-38(36)40)33-17-15-32(16-18-33)34-19-23-41-42-24-20-35(28-45(42)52-51(44(41)27-34)43-11-3-4-14-50(43)57-52)37-29-48(46-12-5-7-25-54-46)56-49(30-37)47-13-6-8-26-55-47/h1-30H. The summed E-state index contributed by atoms with van der Waals surface area (Å²) in [6.07, 6.45) is 3.59. The van der Waals surface area contributed by atoms with Gasteiger partial charge < -0.3 is 4.42 Å². The summed E-state index contributed by atoms with van der Waals surface area (Å²) >= 11 is 0. The van der Waals surface area contributed by atoms with Gasteiger partial charge in [0.05, 0.1) is 34.4 Å². The molecule has 0 saturated heterocycles. The lowest BCUT2D eigenvalue weighted by Crippen LogP contribution is -1.94. The molecule has 0 atom stereocenters. The molecule has 0 radical (unpaired) electrons. The zero-order valence-electron chi connectivity index (χ0n) is 30.5. The minimum absolute atomic E-state index is 0.686. The van der Waals surface area contributed by atoms with Crippen molar-refractivity contribution in [3.8, 4) is 62.2 Å². The van der Waals surface area contributed by atoms with Gasteiger partial charge in [-0.2, -0.15) is 5.26 Å². The molecule has 0 spiro atoms. The number of para-hydroxylation sites is 1. The van der Waals surface area contributed by atoms with Gasteiger partial charge in [-0.3, -0.25) is 9.97 Å². The van der Waals surface area contributed by atoms with Crippen LogP contribution >= 0.6 is 0 Å². The van der Waals surface area contributed by atoms with Crippen LogP contribution in [0.25, 0.3) is 110 Å². The number of rotatable bonds is 5. The van der Waals surface area contributed by atoms with Gasteiger partial charge in [-0.25, -0.2) is 4.98 Å². The van der Waals surface area contributed by atoms with Crippen molar-refractivity contribution in [3.05, 3.63) is 188 Å². The molecule has 4 heterocycles. The maximum atomic E-state index is 9.69. The lowest BCUT2D eigenvalue weighted by atomic mass is 9.91. The summed E-state index contributed by atoms with van der Waals surface area (Å²) in [6.45, 7) is 0. The highest BCUT2D eigenvalue weighted by atomic mass is 16.3. The summed E-state index contributed by atoms with van der Waals surface area (Å²) in [7, 11) is 0. The fourth-order valence-electron chi connectivity index (χ4n) is 8.29. The van der Waals surface area contributed by atoms with Crippen molar-refractivity contribution < 1.29 is 4.42 Å². The van der Waals surface area contributed by atoms with Crippen LogP contribution in [-0.4, -0.2) is 15.0 Å². The van der Waals surface area contributed by atoms with Crippen LogP contribution in [0.15, 0.2) is 187 Å². The van der Waals surface area contributed by atoms with Crippen molar-refractivity contribution in [2.45, 2.75) is 0 Å². The summed E-state index contributed by atoms with van der Waals surface area (Å²) in [5.74, 6) is 0. The molecular formula is C52H30N4O. The van der Waals surface area contributed by atoms with E-state index in [-0.39, 0.29) is 0 Å². The van der Waals surface area contributed by atoms with E-state index in [9.17, 15) is 5.26 Å². The molecule has 0 aliphatic heterocycles. The smallest absolute Gasteiger partial charge is 0.143 e. The van der Waals surface area contributed by atoms with Crippen molar-refractivity contribution in [2.75, 3.05) is 0 Å². The average molecular weight is 727 g/mol. The van der Waals surface area contributed by atoms with Gasteiger partial charge in [-0.15, -0.1) is 0 Å². The predicted octanol–water partition coefficient (Wildman–Crippen LogP) is 13.4. The van der Waals surface area contributed by atoms with Gasteiger partial charge in [0.1, 0.15) is 11.2 Å². The average Bonchev–Trinajstić information content (AvgIpc) is 3.69. The van der Waals surface area contributed by atoms with E-state index in [0.29, 0.717) is 5.56 Å². The Morgan fingerprint density at radius 1 is 0.404 bits per heavy atom. The third-order valence-electron chi connectivity index (χ3n) is 11.0. The zero-order valence-corrected chi connectivity index (χ0v) is 30.5. The Labute approximate surface area is 327 Å². The molecule has 264 valence electrons. The molecule has 0 saturated carbocycles. The van der Waals surface area contributed by atoms with Crippen molar-refractivity contribution in [1.82, 2.24) is 15.0 Å². The topological polar surface area (TPSA) is 75.6 Å². The fourth-order valence-corrected chi connectivity index (χ4v) is 8.29. The van der Waals surface area contributed by atoms with Gasteiger partial charge >= 0.3 is 0 Å². The Bertz CT molecular complexity index is 3340. The van der Waals surface area contributed by atoms with E-state index < -0.39 is 0 Å². The first kappa shape index (κ1) is 32.5. The number of pyridine rings is 3. The second kappa shape index (κ2) is 13.1. The van der Waals surface area contributed by atoms with E-state index in [2.05, 4.69) is 113 Å². The first-order valence-electron chi connectivity index (χ1n) is 18.9. The number of nitrogens with zero attached hydrogens (tertiary/aromatic N) is 4. The SMILES string of the molecule is N#Cc1ccc(-c2ccc(-c3ccc4c5ccc(-c6cc(-c7ccccn7)nc(-c7ccccn7)c6)cc5c5oc6ccccc6c5c4c3)cc2)c2ccccc12. The summed E-state index contributed by atoms with van der Waals surface area (Å²) in [6, 6.07) is 60.9. The van der Waals surface area contributed by atoms with Crippen LogP contribution in [0.5, 0.6) is 0 Å². The van der Waals surface area contributed by atoms with Gasteiger partial charge in [0.2, 0.25) is 0 Å². The highest BCUT2D eigenvalue weighted by Crippen LogP contribution is 2.44. The van der Waals surface area contributed by atoms with E-state index in [1.165, 1.54) is 0 Å². The monoisotopic (exact) mass is 726 g/mol. The Balaban J connectivity index is 1.07. The van der Waals surface area contributed by atoms with Crippen LogP contribution in [0.1, 0.15) is 5.56 Å². The molecule has 7 aromatic carbocycles. The lowest BCUT2D eigenvalue weighted by Gasteiger charge is -2.13. The van der Waals surface area contributed by atoms with E-state index >= 15 is 0 Å². The summed E-state index contributed by atoms with van der Waals surface area (Å²) < 4.78 is 6.76. The second-order valence-corrected chi connectivity index (χ2v) is 14.3. The number of aromatic nitrogens is 3. The van der Waals surface area contributed by atoms with Gasteiger partial charge in [0.25, 0.3) is 0 Å². The van der Waals surface area contributed by atoms with E-state index in [0.717, 1.165) is 110 Å². The molecule has 0 fully saturated rings. The maximum Gasteiger partial charge on any atom is 0.143 e. The maximum absolute atomic E-state index is 9.69. The molecule has 11 aromatic rings. The van der Waals surface area contributed by atoms with Crippen molar-refractivity contribution >= 4 is 54.3 Å². The van der Waals surface area contributed by atoms with Crippen molar-refractivity contribution in [2.24, 2.45) is 0 Å². The molecule has 11 rings (SSSR count).